The Morgan fingerprint density at radius 3 is 2.10 bits per heavy atom. The molecule has 1 saturated heterocycles. The molecule has 4 aromatic rings. The minimum absolute atomic E-state index is 0.0753. The molecule has 2 heterocycles. The third-order valence-electron chi connectivity index (χ3n) is 8.70. The summed E-state index contributed by atoms with van der Waals surface area (Å²) in [7, 11) is -3.06. The number of alkyl halides is 1. The number of hydrogen-bond donors (Lipinski definition) is 1. The number of nitrogens with one attached hydrogen (secondary N) is 1. The van der Waals surface area contributed by atoms with Crippen LogP contribution in [-0.4, -0.2) is 48.1 Å². The Morgan fingerprint density at radius 2 is 1.54 bits per heavy atom. The summed E-state index contributed by atoms with van der Waals surface area (Å²) in [4.78, 5) is 27.2. The van der Waals surface area contributed by atoms with Gasteiger partial charge in [0.2, 0.25) is 0 Å². The van der Waals surface area contributed by atoms with Crippen LogP contribution in [-0.2, 0) is 19.3 Å². The monoisotopic (exact) mass is 690 g/mol. The van der Waals surface area contributed by atoms with E-state index < -0.39 is 44.2 Å². The molecule has 5 rings (SSSR count). The molecule has 3 aromatic carbocycles. The van der Waals surface area contributed by atoms with Gasteiger partial charge in [-0.05, 0) is 45.4 Å². The van der Waals surface area contributed by atoms with Crippen molar-refractivity contribution in [3.8, 4) is 5.75 Å². The van der Waals surface area contributed by atoms with E-state index in [0.717, 1.165) is 20.5 Å². The summed E-state index contributed by atoms with van der Waals surface area (Å²) in [6.45, 7) is 14.1. The van der Waals surface area contributed by atoms with Crippen molar-refractivity contribution in [1.29, 1.82) is 0 Å². The van der Waals surface area contributed by atoms with E-state index in [0.29, 0.717) is 5.75 Å². The summed E-state index contributed by atoms with van der Waals surface area (Å²) in [6.07, 6.45) is -4.31. The number of rotatable bonds is 8. The molecule has 0 bridgehead atoms. The van der Waals surface area contributed by atoms with E-state index in [4.69, 9.17) is 30.9 Å². The van der Waals surface area contributed by atoms with Gasteiger partial charge in [-0.3, -0.25) is 14.3 Å². The normalized spacial score (nSPS) is 20.0. The standard InChI is InChI=1S/C37H43FN2O6SSi/c1-24-22-40(34(42)39-32(24)41)33-30(38)31(46-35(47)44-26-16-14-15-25(21-26)36(2,3)4)29(45-33)23-43-48(37(5,6)7,27-17-10-8-11-18-27)28-19-12-9-13-20-28/h8-22,29-31,33H,23H2,1-7H3,(H,39,41,42)/t29-,30-,31-,33-/m1/s1. The number of hydrogen-bond acceptors (Lipinski definition) is 7. The van der Waals surface area contributed by atoms with E-state index in [-0.39, 0.29) is 27.9 Å². The average molecular weight is 691 g/mol. The molecule has 1 N–H and O–H groups in total. The number of ether oxygens (including phenoxy) is 3. The largest absolute Gasteiger partial charge is 0.447 e. The fourth-order valence-electron chi connectivity index (χ4n) is 6.19. The second-order valence-corrected chi connectivity index (χ2v) is 18.8. The van der Waals surface area contributed by atoms with Gasteiger partial charge in [0.25, 0.3) is 13.9 Å². The molecule has 1 aromatic heterocycles. The number of aryl methyl sites for hydroxylation is 1. The third kappa shape index (κ3) is 7.24. The smallest absolute Gasteiger partial charge is 0.358 e. The highest BCUT2D eigenvalue weighted by Crippen LogP contribution is 2.39. The Hall–Kier alpha value is -3.90. The van der Waals surface area contributed by atoms with Gasteiger partial charge in [0.15, 0.2) is 18.5 Å². The van der Waals surface area contributed by atoms with Crippen molar-refractivity contribution in [2.45, 2.75) is 83.5 Å². The average Bonchev–Trinajstić information content (AvgIpc) is 3.33. The van der Waals surface area contributed by atoms with Crippen molar-refractivity contribution >= 4 is 36.1 Å². The molecule has 254 valence electrons. The maximum Gasteiger partial charge on any atom is 0.358 e. The SMILES string of the molecule is Cc1cn([C@@H]2O[C@H](CO[Si](c3ccccc3)(c3ccccc3)C(C)(C)C)[C@@H](OC(=S)Oc3cccc(C(C)(C)C)c3)[C@H]2F)c(=O)[nH]c1=O. The Kier molecular flexibility index (Phi) is 10.3. The summed E-state index contributed by atoms with van der Waals surface area (Å²) in [5.74, 6) is 0.450. The van der Waals surface area contributed by atoms with Crippen LogP contribution in [0.4, 0.5) is 4.39 Å². The molecule has 0 amide bonds. The van der Waals surface area contributed by atoms with Crippen molar-refractivity contribution in [3.05, 3.63) is 123 Å². The lowest BCUT2D eigenvalue weighted by Gasteiger charge is -2.43. The second-order valence-electron chi connectivity index (χ2n) is 14.2. The highest BCUT2D eigenvalue weighted by molar-refractivity contribution is 7.79. The van der Waals surface area contributed by atoms with Gasteiger partial charge >= 0.3 is 10.9 Å². The fourth-order valence-corrected chi connectivity index (χ4v) is 11.0. The van der Waals surface area contributed by atoms with E-state index in [1.807, 2.05) is 54.6 Å². The number of benzene rings is 3. The molecular formula is C37H43FN2O6SSi. The van der Waals surface area contributed by atoms with Crippen molar-refractivity contribution < 1.29 is 23.0 Å². The Bertz CT molecular complexity index is 1810. The predicted octanol–water partition coefficient (Wildman–Crippen LogP) is 5.70. The van der Waals surface area contributed by atoms with E-state index in [1.165, 1.54) is 13.1 Å². The molecule has 1 aliphatic heterocycles. The van der Waals surface area contributed by atoms with E-state index in [2.05, 4.69) is 70.8 Å². The minimum atomic E-state index is -3.06. The Morgan fingerprint density at radius 1 is 0.938 bits per heavy atom. The molecule has 0 spiro atoms. The maximum absolute atomic E-state index is 16.6. The van der Waals surface area contributed by atoms with Crippen LogP contribution >= 0.6 is 12.2 Å². The third-order valence-corrected chi connectivity index (χ3v) is 13.9. The van der Waals surface area contributed by atoms with Crippen molar-refractivity contribution in [2.24, 2.45) is 0 Å². The summed E-state index contributed by atoms with van der Waals surface area (Å²) in [5, 5.41) is 1.43. The van der Waals surface area contributed by atoms with Crippen molar-refractivity contribution in [1.82, 2.24) is 9.55 Å². The molecule has 0 aliphatic carbocycles. The number of H-pyrrole nitrogens is 1. The zero-order valence-corrected chi connectivity index (χ0v) is 30.2. The van der Waals surface area contributed by atoms with Crippen LogP contribution in [0.15, 0.2) is 101 Å². The number of aromatic nitrogens is 2. The molecule has 4 atom stereocenters. The highest BCUT2D eigenvalue weighted by Gasteiger charge is 2.54. The van der Waals surface area contributed by atoms with Gasteiger partial charge in [-0.25, -0.2) is 9.18 Å². The lowest BCUT2D eigenvalue weighted by molar-refractivity contribution is -0.0460. The Labute approximate surface area is 287 Å². The van der Waals surface area contributed by atoms with Gasteiger partial charge in [0.05, 0.1) is 6.61 Å². The lowest BCUT2D eigenvalue weighted by atomic mass is 9.87. The van der Waals surface area contributed by atoms with E-state index >= 15 is 4.39 Å². The van der Waals surface area contributed by atoms with Gasteiger partial charge in [-0.1, -0.05) is 114 Å². The van der Waals surface area contributed by atoms with Crippen LogP contribution in [0, 0.1) is 6.92 Å². The van der Waals surface area contributed by atoms with Crippen molar-refractivity contribution in [2.75, 3.05) is 6.61 Å². The van der Waals surface area contributed by atoms with Crippen LogP contribution in [0.3, 0.4) is 0 Å². The molecule has 0 unspecified atom stereocenters. The first kappa shape index (κ1) is 35.4. The van der Waals surface area contributed by atoms with Gasteiger partial charge in [0.1, 0.15) is 11.9 Å². The number of aromatic amines is 1. The topological polar surface area (TPSA) is 91.8 Å². The number of thiocarbonyl (C=S) groups is 1. The molecule has 11 heteroatoms. The van der Waals surface area contributed by atoms with E-state index in [1.54, 1.807) is 6.07 Å². The second kappa shape index (κ2) is 13.9. The summed E-state index contributed by atoms with van der Waals surface area (Å²) < 4.78 is 42.9. The molecule has 1 fully saturated rings. The summed E-state index contributed by atoms with van der Waals surface area (Å²) in [6, 6.07) is 27.6. The molecular weight excluding hydrogens is 648 g/mol. The first-order valence-electron chi connectivity index (χ1n) is 16.0. The molecule has 0 radical (unpaired) electrons. The van der Waals surface area contributed by atoms with Gasteiger partial charge in [-0.15, -0.1) is 0 Å². The Balaban J connectivity index is 1.51. The van der Waals surface area contributed by atoms with E-state index in [9.17, 15) is 9.59 Å². The quantitative estimate of drug-likeness (QED) is 0.187. The first-order chi connectivity index (χ1) is 22.6. The first-order valence-corrected chi connectivity index (χ1v) is 18.3. The summed E-state index contributed by atoms with van der Waals surface area (Å²) in [5.41, 5.74) is -0.240. The molecule has 48 heavy (non-hydrogen) atoms. The molecule has 1 aliphatic rings. The predicted molar refractivity (Wildman–Crippen MR) is 192 cm³/mol. The fraction of sp³-hybridized carbons (Fsp3) is 0.378. The molecule has 0 saturated carbocycles. The van der Waals surface area contributed by atoms with Crippen LogP contribution in [0.5, 0.6) is 5.75 Å². The number of nitrogens with zero attached hydrogens (tertiary/aromatic N) is 1. The zero-order valence-electron chi connectivity index (χ0n) is 28.4. The summed E-state index contributed by atoms with van der Waals surface area (Å²) >= 11 is 5.49. The zero-order chi connectivity index (χ0) is 34.9. The lowest BCUT2D eigenvalue weighted by Crippen LogP contribution is -2.67. The minimum Gasteiger partial charge on any atom is -0.447 e. The highest BCUT2D eigenvalue weighted by atomic mass is 32.1. The van der Waals surface area contributed by atoms with Crippen LogP contribution in [0.2, 0.25) is 5.04 Å². The maximum atomic E-state index is 16.6. The van der Waals surface area contributed by atoms with Gasteiger partial charge in [-0.2, -0.15) is 0 Å². The van der Waals surface area contributed by atoms with Crippen LogP contribution in [0.1, 0.15) is 58.9 Å². The van der Waals surface area contributed by atoms with Crippen LogP contribution < -0.4 is 26.4 Å². The number of halogens is 1. The van der Waals surface area contributed by atoms with Gasteiger partial charge < -0.3 is 18.6 Å². The van der Waals surface area contributed by atoms with Crippen LogP contribution in [0.25, 0.3) is 0 Å². The molecule has 8 nitrogen and oxygen atoms in total. The van der Waals surface area contributed by atoms with Crippen molar-refractivity contribution in [3.63, 3.8) is 0 Å². The van der Waals surface area contributed by atoms with Gasteiger partial charge in [0, 0.05) is 24.0 Å².